The van der Waals surface area contributed by atoms with Gasteiger partial charge in [-0.05, 0) is 42.5 Å². The molecule has 0 saturated carbocycles. The van der Waals surface area contributed by atoms with Gasteiger partial charge < -0.3 is 15.1 Å². The number of pyridine rings is 1. The van der Waals surface area contributed by atoms with Gasteiger partial charge in [0.25, 0.3) is 10.0 Å². The SMILES string of the molecule is CN(C)c1ccc2cc(C(=O)NS(=O)(=O)c3ccc(N)c4cccnc34)oc2c1. The van der Waals surface area contributed by atoms with Crippen molar-refractivity contribution in [3.63, 3.8) is 0 Å². The van der Waals surface area contributed by atoms with Crippen LogP contribution in [0.25, 0.3) is 21.9 Å². The minimum absolute atomic E-state index is 0.104. The molecule has 0 radical (unpaired) electrons. The highest BCUT2D eigenvalue weighted by atomic mass is 32.2. The van der Waals surface area contributed by atoms with Gasteiger partial charge in [0.2, 0.25) is 0 Å². The van der Waals surface area contributed by atoms with Crippen LogP contribution in [0.15, 0.2) is 64.0 Å². The number of fused-ring (bicyclic) bond motifs is 2. The van der Waals surface area contributed by atoms with Crippen LogP contribution < -0.4 is 15.4 Å². The number of hydrogen-bond acceptors (Lipinski definition) is 7. The lowest BCUT2D eigenvalue weighted by atomic mass is 10.2. The van der Waals surface area contributed by atoms with Gasteiger partial charge in [0.15, 0.2) is 5.76 Å². The van der Waals surface area contributed by atoms with Crippen molar-refractivity contribution in [2.45, 2.75) is 4.90 Å². The molecule has 9 heteroatoms. The third-order valence-corrected chi connectivity index (χ3v) is 5.89. The minimum Gasteiger partial charge on any atom is -0.451 e. The molecule has 2 aromatic heterocycles. The zero-order chi connectivity index (χ0) is 20.8. The van der Waals surface area contributed by atoms with Crippen molar-refractivity contribution < 1.29 is 17.6 Å². The largest absolute Gasteiger partial charge is 0.451 e. The number of hydrogen-bond donors (Lipinski definition) is 2. The highest BCUT2D eigenvalue weighted by Crippen LogP contribution is 2.27. The van der Waals surface area contributed by atoms with E-state index < -0.39 is 15.9 Å². The van der Waals surface area contributed by atoms with Gasteiger partial charge in [-0.2, -0.15) is 0 Å². The van der Waals surface area contributed by atoms with Crippen LogP contribution in [0.2, 0.25) is 0 Å². The van der Waals surface area contributed by atoms with Crippen LogP contribution in [0.5, 0.6) is 0 Å². The molecule has 0 fully saturated rings. The average molecular weight is 410 g/mol. The Hall–Kier alpha value is -3.59. The Bertz CT molecular complexity index is 1360. The molecule has 1 amide bonds. The lowest BCUT2D eigenvalue weighted by Crippen LogP contribution is -2.30. The number of carbonyl (C=O) groups excluding carboxylic acids is 1. The Morgan fingerprint density at radius 3 is 2.69 bits per heavy atom. The van der Waals surface area contributed by atoms with E-state index in [4.69, 9.17) is 10.2 Å². The van der Waals surface area contributed by atoms with Gasteiger partial charge in [-0.1, -0.05) is 0 Å². The molecule has 2 aromatic carbocycles. The van der Waals surface area contributed by atoms with Gasteiger partial charge in [-0.15, -0.1) is 0 Å². The van der Waals surface area contributed by atoms with E-state index in [0.717, 1.165) is 5.69 Å². The second-order valence-corrected chi connectivity index (χ2v) is 8.37. The number of sulfonamides is 1. The number of aromatic nitrogens is 1. The van der Waals surface area contributed by atoms with Crippen molar-refractivity contribution >= 4 is 49.2 Å². The van der Waals surface area contributed by atoms with E-state index in [1.165, 1.54) is 24.4 Å². The quantitative estimate of drug-likeness (QED) is 0.497. The third kappa shape index (κ3) is 3.36. The Morgan fingerprint density at radius 1 is 1.14 bits per heavy atom. The fraction of sp³-hybridized carbons (Fsp3) is 0.100. The van der Waals surface area contributed by atoms with Crippen LogP contribution in [0.1, 0.15) is 10.6 Å². The number of nitrogens with two attached hydrogens (primary N) is 1. The maximum Gasteiger partial charge on any atom is 0.300 e. The maximum absolute atomic E-state index is 12.8. The first-order chi connectivity index (χ1) is 13.8. The minimum atomic E-state index is -4.20. The van der Waals surface area contributed by atoms with Crippen molar-refractivity contribution in [1.82, 2.24) is 9.71 Å². The van der Waals surface area contributed by atoms with E-state index in [2.05, 4.69) is 4.98 Å². The standard InChI is InChI=1S/C20H18N4O4S/c1-24(2)13-6-5-12-10-17(28-16(12)11-13)20(25)23-29(26,27)18-8-7-15(21)14-4-3-9-22-19(14)18/h3-11H,21H2,1-2H3,(H,23,25). The van der Waals surface area contributed by atoms with E-state index >= 15 is 0 Å². The van der Waals surface area contributed by atoms with E-state index in [0.29, 0.717) is 22.0 Å². The number of nitrogens with zero attached hydrogens (tertiary/aromatic N) is 2. The first kappa shape index (κ1) is 18.8. The summed E-state index contributed by atoms with van der Waals surface area (Å²) in [5.74, 6) is -0.972. The second-order valence-electron chi connectivity index (χ2n) is 6.71. The molecule has 4 rings (SSSR count). The second kappa shape index (κ2) is 6.78. The molecule has 8 nitrogen and oxygen atoms in total. The fourth-order valence-electron chi connectivity index (χ4n) is 3.02. The highest BCUT2D eigenvalue weighted by Gasteiger charge is 2.24. The number of anilines is 2. The normalized spacial score (nSPS) is 11.7. The first-order valence-corrected chi connectivity index (χ1v) is 10.2. The van der Waals surface area contributed by atoms with E-state index in [1.807, 2.05) is 29.8 Å². The number of furan rings is 1. The predicted molar refractivity (Wildman–Crippen MR) is 111 cm³/mol. The molecular weight excluding hydrogens is 392 g/mol. The molecule has 0 aliphatic rings. The molecule has 0 unspecified atom stereocenters. The molecule has 0 atom stereocenters. The van der Waals surface area contributed by atoms with Crippen LogP contribution in [-0.2, 0) is 10.0 Å². The van der Waals surface area contributed by atoms with Crippen molar-refractivity contribution in [2.75, 3.05) is 24.7 Å². The van der Waals surface area contributed by atoms with Crippen LogP contribution >= 0.6 is 0 Å². The van der Waals surface area contributed by atoms with E-state index in [9.17, 15) is 13.2 Å². The zero-order valence-corrected chi connectivity index (χ0v) is 16.5. The van der Waals surface area contributed by atoms with Crippen molar-refractivity contribution in [3.8, 4) is 0 Å². The summed E-state index contributed by atoms with van der Waals surface area (Å²) in [6.07, 6.45) is 1.46. The van der Waals surface area contributed by atoms with Gasteiger partial charge in [-0.25, -0.2) is 13.1 Å². The predicted octanol–water partition coefficient (Wildman–Crippen LogP) is 2.75. The van der Waals surface area contributed by atoms with Crippen molar-refractivity contribution in [3.05, 3.63) is 60.5 Å². The van der Waals surface area contributed by atoms with Crippen LogP contribution in [-0.4, -0.2) is 33.4 Å². The monoisotopic (exact) mass is 410 g/mol. The summed E-state index contributed by atoms with van der Waals surface area (Å²) in [6.45, 7) is 0. The van der Waals surface area contributed by atoms with Gasteiger partial charge in [0.05, 0.1) is 5.52 Å². The van der Waals surface area contributed by atoms with Gasteiger partial charge in [0, 0.05) is 48.5 Å². The van der Waals surface area contributed by atoms with E-state index in [-0.39, 0.29) is 16.2 Å². The molecule has 2 heterocycles. The molecule has 0 spiro atoms. The summed E-state index contributed by atoms with van der Waals surface area (Å²) in [4.78, 5) is 18.5. The Kier molecular flexibility index (Phi) is 4.39. The molecule has 3 N–H and O–H groups in total. The molecule has 0 aliphatic carbocycles. The summed E-state index contributed by atoms with van der Waals surface area (Å²) in [5.41, 5.74) is 7.86. The topological polar surface area (TPSA) is 119 Å². The van der Waals surface area contributed by atoms with Gasteiger partial charge in [-0.3, -0.25) is 9.78 Å². The number of nitrogens with one attached hydrogen (secondary N) is 1. The lowest BCUT2D eigenvalue weighted by Gasteiger charge is -2.11. The zero-order valence-electron chi connectivity index (χ0n) is 15.7. The van der Waals surface area contributed by atoms with Crippen molar-refractivity contribution in [2.24, 2.45) is 0 Å². The maximum atomic E-state index is 12.8. The number of carbonyl (C=O) groups is 1. The van der Waals surface area contributed by atoms with Crippen LogP contribution in [0.3, 0.4) is 0 Å². The number of rotatable bonds is 4. The summed E-state index contributed by atoms with van der Waals surface area (Å²) in [7, 11) is -0.427. The lowest BCUT2D eigenvalue weighted by molar-refractivity contribution is 0.0956. The number of nitrogen functional groups attached to an aromatic ring is 1. The number of benzene rings is 2. The average Bonchev–Trinajstić information content (AvgIpc) is 3.11. The smallest absolute Gasteiger partial charge is 0.300 e. The van der Waals surface area contributed by atoms with Crippen molar-refractivity contribution in [1.29, 1.82) is 0 Å². The molecule has 29 heavy (non-hydrogen) atoms. The number of amides is 1. The van der Waals surface area contributed by atoms with Crippen LogP contribution in [0, 0.1) is 0 Å². The fourth-order valence-corrected chi connectivity index (χ4v) is 4.14. The third-order valence-electron chi connectivity index (χ3n) is 4.53. The highest BCUT2D eigenvalue weighted by molar-refractivity contribution is 7.90. The molecule has 4 aromatic rings. The molecule has 0 bridgehead atoms. The van der Waals surface area contributed by atoms with E-state index in [1.54, 1.807) is 24.3 Å². The molecule has 0 saturated heterocycles. The first-order valence-electron chi connectivity index (χ1n) is 8.67. The van der Waals surface area contributed by atoms with Crippen LogP contribution in [0.4, 0.5) is 11.4 Å². The summed E-state index contributed by atoms with van der Waals surface area (Å²) in [5, 5.41) is 1.18. The Morgan fingerprint density at radius 2 is 1.93 bits per heavy atom. The molecular formula is C20H18N4O4S. The summed E-state index contributed by atoms with van der Waals surface area (Å²) >= 11 is 0. The Balaban J connectivity index is 1.69. The molecule has 0 aliphatic heterocycles. The Labute approximate surface area is 167 Å². The van der Waals surface area contributed by atoms with Gasteiger partial charge in [0.1, 0.15) is 10.5 Å². The molecule has 148 valence electrons. The summed E-state index contributed by atoms with van der Waals surface area (Å²) < 4.78 is 33.3. The van der Waals surface area contributed by atoms with Gasteiger partial charge >= 0.3 is 5.91 Å². The summed E-state index contributed by atoms with van der Waals surface area (Å²) in [6, 6.07) is 13.1.